The number of carbonyl (C=O) groups excluding carboxylic acids is 1. The number of aryl methyl sites for hydroxylation is 2. The highest BCUT2D eigenvalue weighted by atomic mass is 16.5. The molecule has 1 atom stereocenters. The van der Waals surface area contributed by atoms with E-state index in [1.165, 1.54) is 6.33 Å². The molecule has 0 aliphatic carbocycles. The van der Waals surface area contributed by atoms with Crippen molar-refractivity contribution in [2.45, 2.75) is 26.9 Å². The van der Waals surface area contributed by atoms with Crippen LogP contribution in [0.5, 0.6) is 17.2 Å². The van der Waals surface area contributed by atoms with E-state index in [9.17, 15) is 4.79 Å². The molecule has 0 aliphatic rings. The van der Waals surface area contributed by atoms with E-state index >= 15 is 0 Å². The van der Waals surface area contributed by atoms with Crippen molar-refractivity contribution < 1.29 is 19.0 Å². The topological polar surface area (TPSA) is 107 Å². The van der Waals surface area contributed by atoms with Gasteiger partial charge in [-0.05, 0) is 68.8 Å². The molecular weight excluding hydrogens is 458 g/mol. The van der Waals surface area contributed by atoms with E-state index in [1.807, 2.05) is 56.3 Å². The van der Waals surface area contributed by atoms with Crippen LogP contribution in [-0.2, 0) is 9.53 Å². The lowest BCUT2D eigenvalue weighted by Crippen LogP contribution is -2.37. The third-order valence-corrected chi connectivity index (χ3v) is 5.45. The van der Waals surface area contributed by atoms with Crippen LogP contribution in [-0.4, -0.2) is 47.2 Å². The van der Waals surface area contributed by atoms with Gasteiger partial charge in [0.1, 0.15) is 29.4 Å². The molecule has 2 aromatic carbocycles. The summed E-state index contributed by atoms with van der Waals surface area (Å²) in [6.45, 7) is 6.44. The minimum Gasteiger partial charge on any atom is -0.480 e. The van der Waals surface area contributed by atoms with Gasteiger partial charge in [0.25, 0.3) is 5.91 Å². The van der Waals surface area contributed by atoms with E-state index < -0.39 is 6.10 Å². The Morgan fingerprint density at radius 2 is 1.89 bits per heavy atom. The Hall–Kier alpha value is -4.24. The fraction of sp³-hybridized carbons (Fsp3) is 0.259. The number of methoxy groups -OCH3 is 1. The highest BCUT2D eigenvalue weighted by Crippen LogP contribution is 2.33. The molecule has 4 aromatic rings. The van der Waals surface area contributed by atoms with Crippen molar-refractivity contribution in [2.75, 3.05) is 25.6 Å². The van der Waals surface area contributed by atoms with E-state index in [4.69, 9.17) is 14.2 Å². The molecule has 2 heterocycles. The first-order valence-electron chi connectivity index (χ1n) is 11.6. The molecule has 4 rings (SSSR count). The van der Waals surface area contributed by atoms with E-state index in [2.05, 4.69) is 25.6 Å². The zero-order chi connectivity index (χ0) is 25.5. The van der Waals surface area contributed by atoms with Crippen molar-refractivity contribution in [3.05, 3.63) is 72.3 Å². The minimum absolute atomic E-state index is 0.231. The lowest BCUT2D eigenvalue weighted by atomic mass is 10.1. The first-order valence-corrected chi connectivity index (χ1v) is 11.6. The summed E-state index contributed by atoms with van der Waals surface area (Å²) in [5.74, 6) is 2.25. The molecule has 0 saturated carbocycles. The van der Waals surface area contributed by atoms with E-state index in [0.29, 0.717) is 41.4 Å². The highest BCUT2D eigenvalue weighted by Gasteiger charge is 2.18. The third-order valence-electron chi connectivity index (χ3n) is 5.45. The van der Waals surface area contributed by atoms with Crippen molar-refractivity contribution in [2.24, 2.45) is 0 Å². The Labute approximate surface area is 209 Å². The number of rotatable bonds is 10. The molecule has 0 unspecified atom stereocenters. The fourth-order valence-corrected chi connectivity index (χ4v) is 3.56. The normalized spacial score (nSPS) is 11.7. The van der Waals surface area contributed by atoms with E-state index in [1.54, 1.807) is 26.3 Å². The summed E-state index contributed by atoms with van der Waals surface area (Å²) < 4.78 is 17.0. The first kappa shape index (κ1) is 24.9. The number of hydrogen-bond acceptors (Lipinski definition) is 8. The molecule has 0 spiro atoms. The lowest BCUT2D eigenvalue weighted by molar-refractivity contribution is -0.127. The molecule has 9 heteroatoms. The van der Waals surface area contributed by atoms with E-state index in [0.717, 1.165) is 22.7 Å². The summed E-state index contributed by atoms with van der Waals surface area (Å²) in [4.78, 5) is 25.5. The summed E-state index contributed by atoms with van der Waals surface area (Å²) >= 11 is 0. The van der Waals surface area contributed by atoms with Crippen LogP contribution < -0.4 is 20.1 Å². The molecule has 0 aliphatic heterocycles. The predicted octanol–water partition coefficient (Wildman–Crippen LogP) is 4.71. The number of nitrogens with one attached hydrogen (secondary N) is 2. The quantitative estimate of drug-likeness (QED) is 0.310. The van der Waals surface area contributed by atoms with Crippen molar-refractivity contribution in [1.82, 2.24) is 20.3 Å². The molecule has 0 fully saturated rings. The lowest BCUT2D eigenvalue weighted by Gasteiger charge is -2.17. The number of nitrogens with zero attached hydrogens (tertiary/aromatic N) is 3. The van der Waals surface area contributed by atoms with Gasteiger partial charge in [-0.2, -0.15) is 0 Å². The van der Waals surface area contributed by atoms with Gasteiger partial charge in [0.15, 0.2) is 6.10 Å². The summed E-state index contributed by atoms with van der Waals surface area (Å²) in [6.07, 6.45) is 2.48. The van der Waals surface area contributed by atoms with Gasteiger partial charge in [-0.1, -0.05) is 6.07 Å². The molecule has 36 heavy (non-hydrogen) atoms. The molecule has 2 N–H and O–H groups in total. The Morgan fingerprint density at radius 1 is 1.03 bits per heavy atom. The molecule has 2 aromatic heterocycles. The summed E-state index contributed by atoms with van der Waals surface area (Å²) in [6, 6.07) is 15.1. The number of aromatic nitrogens is 3. The predicted molar refractivity (Wildman–Crippen MR) is 138 cm³/mol. The van der Waals surface area contributed by atoms with Gasteiger partial charge in [-0.3, -0.25) is 9.78 Å². The molecule has 9 nitrogen and oxygen atoms in total. The second-order valence-corrected chi connectivity index (χ2v) is 8.26. The van der Waals surface area contributed by atoms with Gasteiger partial charge in [0.2, 0.25) is 0 Å². The van der Waals surface area contributed by atoms with Gasteiger partial charge in [-0.15, -0.1) is 0 Å². The SMILES string of the molecule is COCCNC(=O)[C@@H](C)Oc1cccc2ncnc(Nc3ccc(Oc4ccc(C)nc4)c(C)c3)c12. The van der Waals surface area contributed by atoms with Gasteiger partial charge in [0.05, 0.1) is 23.7 Å². The fourth-order valence-electron chi connectivity index (χ4n) is 3.56. The van der Waals surface area contributed by atoms with Crippen LogP contribution in [0.3, 0.4) is 0 Å². The summed E-state index contributed by atoms with van der Waals surface area (Å²) in [5.41, 5.74) is 3.39. The van der Waals surface area contributed by atoms with Crippen LogP contribution in [0.4, 0.5) is 11.5 Å². The van der Waals surface area contributed by atoms with Crippen molar-refractivity contribution in [3.8, 4) is 17.2 Å². The van der Waals surface area contributed by atoms with Crippen LogP contribution in [0.2, 0.25) is 0 Å². The van der Waals surface area contributed by atoms with Gasteiger partial charge < -0.3 is 24.8 Å². The summed E-state index contributed by atoms with van der Waals surface area (Å²) in [5, 5.41) is 6.82. The maximum atomic E-state index is 12.4. The van der Waals surface area contributed by atoms with Crippen molar-refractivity contribution in [1.29, 1.82) is 0 Å². The average Bonchev–Trinajstić information content (AvgIpc) is 2.87. The number of hydrogen-bond donors (Lipinski definition) is 2. The Morgan fingerprint density at radius 3 is 2.64 bits per heavy atom. The Bertz CT molecular complexity index is 1340. The molecule has 0 radical (unpaired) electrons. The van der Waals surface area contributed by atoms with Crippen LogP contribution in [0.1, 0.15) is 18.2 Å². The minimum atomic E-state index is -0.713. The first-order chi connectivity index (χ1) is 17.4. The monoisotopic (exact) mass is 487 g/mol. The van der Waals surface area contributed by atoms with Gasteiger partial charge >= 0.3 is 0 Å². The maximum Gasteiger partial charge on any atom is 0.260 e. The van der Waals surface area contributed by atoms with Gasteiger partial charge in [-0.25, -0.2) is 9.97 Å². The zero-order valence-corrected chi connectivity index (χ0v) is 20.7. The second kappa shape index (κ2) is 11.5. The number of pyridine rings is 1. The summed E-state index contributed by atoms with van der Waals surface area (Å²) in [7, 11) is 1.58. The standard InChI is InChI=1S/C27H29N5O4/c1-17-14-20(9-11-23(17)36-21-10-8-18(2)29-15-21)32-26-25-22(30-16-31-26)6-5-7-24(25)35-19(3)27(33)28-12-13-34-4/h5-11,14-16,19H,12-13H2,1-4H3,(H,28,33)(H,30,31,32)/t19-/m1/s1. The second-order valence-electron chi connectivity index (χ2n) is 8.26. The largest absolute Gasteiger partial charge is 0.480 e. The molecule has 0 saturated heterocycles. The molecule has 1 amide bonds. The number of amides is 1. The third kappa shape index (κ3) is 6.05. The number of ether oxygens (including phenoxy) is 3. The Kier molecular flexibility index (Phi) is 7.92. The maximum absolute atomic E-state index is 12.4. The molecule has 186 valence electrons. The highest BCUT2D eigenvalue weighted by molar-refractivity contribution is 5.96. The number of carbonyl (C=O) groups is 1. The van der Waals surface area contributed by atoms with Crippen molar-refractivity contribution in [3.63, 3.8) is 0 Å². The average molecular weight is 488 g/mol. The van der Waals surface area contributed by atoms with Crippen LogP contribution in [0.15, 0.2) is 61.1 Å². The van der Waals surface area contributed by atoms with Crippen molar-refractivity contribution >= 4 is 28.3 Å². The van der Waals surface area contributed by atoms with Crippen LogP contribution >= 0.6 is 0 Å². The van der Waals surface area contributed by atoms with Crippen LogP contribution in [0.25, 0.3) is 10.9 Å². The molecular formula is C27H29N5O4. The molecule has 0 bridgehead atoms. The van der Waals surface area contributed by atoms with E-state index in [-0.39, 0.29) is 5.91 Å². The number of benzene rings is 2. The smallest absolute Gasteiger partial charge is 0.260 e. The van der Waals surface area contributed by atoms with Crippen LogP contribution in [0, 0.1) is 13.8 Å². The zero-order valence-electron chi connectivity index (χ0n) is 20.7. The Balaban J connectivity index is 1.55. The number of fused-ring (bicyclic) bond motifs is 1. The number of anilines is 2. The van der Waals surface area contributed by atoms with Gasteiger partial charge in [0, 0.05) is 25.0 Å².